The molecule has 1 aliphatic carbocycles. The van der Waals surface area contributed by atoms with Crippen LogP contribution in [-0.4, -0.2) is 58.3 Å². The molecule has 2 unspecified atom stereocenters. The van der Waals surface area contributed by atoms with Crippen LogP contribution in [0.2, 0.25) is 10.0 Å². The van der Waals surface area contributed by atoms with Crippen molar-refractivity contribution in [2.45, 2.75) is 62.8 Å². The fourth-order valence-electron chi connectivity index (χ4n) is 6.08. The monoisotopic (exact) mass is 503 g/mol. The van der Waals surface area contributed by atoms with Gasteiger partial charge < -0.3 is 15.8 Å². The minimum atomic E-state index is -0.616. The number of halogens is 2. The molecule has 3 atom stereocenters. The highest BCUT2D eigenvalue weighted by Gasteiger charge is 2.51. The molecule has 3 heterocycles. The highest BCUT2D eigenvalue weighted by molar-refractivity contribution is 6.42. The number of hydrogen-bond donors (Lipinski definition) is 2. The van der Waals surface area contributed by atoms with Crippen LogP contribution in [0.5, 0.6) is 0 Å². The number of aromatic nitrogens is 2. The number of hydrogen-bond acceptors (Lipinski definition) is 6. The van der Waals surface area contributed by atoms with Gasteiger partial charge in [-0.2, -0.15) is 0 Å². The van der Waals surface area contributed by atoms with E-state index < -0.39 is 5.66 Å². The van der Waals surface area contributed by atoms with Gasteiger partial charge in [-0.25, -0.2) is 4.98 Å². The van der Waals surface area contributed by atoms with E-state index in [9.17, 15) is 4.79 Å². The Morgan fingerprint density at radius 1 is 1.24 bits per heavy atom. The van der Waals surface area contributed by atoms with Crippen LogP contribution in [0.1, 0.15) is 54.6 Å². The third-order valence-electron chi connectivity index (χ3n) is 8.09. The number of benzene rings is 1. The van der Waals surface area contributed by atoms with Crippen molar-refractivity contribution in [3.05, 3.63) is 58.1 Å². The summed E-state index contributed by atoms with van der Waals surface area (Å²) >= 11 is 12.7. The lowest BCUT2D eigenvalue weighted by molar-refractivity contribution is -0.0115. The number of nitrogens with zero attached hydrogens (tertiary/aromatic N) is 3. The molecule has 1 aromatic heterocycles. The standard InChI is InChI=1S/C25H31Cl2N5O2/c26-19-4-1-3-17(22(19)27)13-18-14-25(16-34-18,31-23(33)20-15-29-9-10-30-20)32-11-7-24(8-12-32)6-2-5-21(24)28/h1,3-4,9-10,15,18,21H,2,5-8,11-14,16,28H2,(H,31,33)/t18?,21-,25?/m1/s1. The van der Waals surface area contributed by atoms with Gasteiger partial charge in [0.25, 0.3) is 5.91 Å². The number of piperidine rings is 1. The van der Waals surface area contributed by atoms with Crippen molar-refractivity contribution >= 4 is 29.1 Å². The third-order valence-corrected chi connectivity index (χ3v) is 8.94. The summed E-state index contributed by atoms with van der Waals surface area (Å²) in [6.07, 6.45) is 11.4. The number of nitrogens with one attached hydrogen (secondary N) is 1. The average Bonchev–Trinajstić information content (AvgIpc) is 3.42. The molecule has 2 aromatic rings. The number of ether oxygens (including phenoxy) is 1. The summed E-state index contributed by atoms with van der Waals surface area (Å²) in [6.45, 7) is 2.16. The highest BCUT2D eigenvalue weighted by atomic mass is 35.5. The molecule has 5 rings (SSSR count). The molecule has 1 spiro atoms. The van der Waals surface area contributed by atoms with Gasteiger partial charge in [0.05, 0.1) is 29.0 Å². The number of likely N-dealkylation sites (tertiary alicyclic amines) is 1. The summed E-state index contributed by atoms with van der Waals surface area (Å²) in [4.78, 5) is 23.8. The lowest BCUT2D eigenvalue weighted by Gasteiger charge is -2.48. The molecular weight excluding hydrogens is 473 g/mol. The van der Waals surface area contributed by atoms with E-state index in [1.54, 1.807) is 12.3 Å². The minimum Gasteiger partial charge on any atom is -0.374 e. The Bertz CT molecular complexity index is 1030. The van der Waals surface area contributed by atoms with E-state index in [0.717, 1.165) is 37.9 Å². The van der Waals surface area contributed by atoms with Gasteiger partial charge in [-0.1, -0.05) is 41.8 Å². The zero-order valence-electron chi connectivity index (χ0n) is 19.2. The Balaban J connectivity index is 1.36. The molecule has 2 aliphatic heterocycles. The van der Waals surface area contributed by atoms with E-state index in [0.29, 0.717) is 35.2 Å². The molecule has 9 heteroatoms. The molecule has 3 N–H and O–H groups in total. The molecule has 3 aliphatic rings. The van der Waals surface area contributed by atoms with Gasteiger partial charge in [-0.3, -0.25) is 14.7 Å². The van der Waals surface area contributed by atoms with Gasteiger partial charge in [0.1, 0.15) is 11.4 Å². The normalized spacial score (nSPS) is 28.9. The van der Waals surface area contributed by atoms with Crippen molar-refractivity contribution < 1.29 is 9.53 Å². The molecule has 1 aromatic carbocycles. The van der Waals surface area contributed by atoms with Crippen LogP contribution in [0.25, 0.3) is 0 Å². The van der Waals surface area contributed by atoms with E-state index in [4.69, 9.17) is 33.7 Å². The Morgan fingerprint density at radius 3 is 2.76 bits per heavy atom. The van der Waals surface area contributed by atoms with Crippen LogP contribution in [0, 0.1) is 5.41 Å². The largest absolute Gasteiger partial charge is 0.374 e. The summed E-state index contributed by atoms with van der Waals surface area (Å²) in [5, 5.41) is 4.37. The van der Waals surface area contributed by atoms with Crippen LogP contribution in [0.4, 0.5) is 0 Å². The molecular formula is C25H31Cl2N5O2. The zero-order valence-corrected chi connectivity index (χ0v) is 20.7. The molecule has 1 amide bonds. The van der Waals surface area contributed by atoms with E-state index in [2.05, 4.69) is 20.2 Å². The van der Waals surface area contributed by atoms with Gasteiger partial charge in [0.2, 0.25) is 0 Å². The summed E-state index contributed by atoms with van der Waals surface area (Å²) in [5.41, 5.74) is 7.38. The predicted molar refractivity (Wildman–Crippen MR) is 132 cm³/mol. The molecule has 0 radical (unpaired) electrons. The molecule has 3 fully saturated rings. The zero-order chi connectivity index (χ0) is 23.8. The lowest BCUT2D eigenvalue weighted by Crippen LogP contribution is -2.64. The fraction of sp³-hybridized carbons (Fsp3) is 0.560. The van der Waals surface area contributed by atoms with Crippen molar-refractivity contribution in [3.8, 4) is 0 Å². The number of nitrogens with two attached hydrogens (primary N) is 1. The fourth-order valence-corrected chi connectivity index (χ4v) is 6.47. The molecule has 1 saturated carbocycles. The Hall–Kier alpha value is -1.77. The van der Waals surface area contributed by atoms with Crippen molar-refractivity contribution in [1.82, 2.24) is 20.2 Å². The smallest absolute Gasteiger partial charge is 0.272 e. The Kier molecular flexibility index (Phi) is 6.84. The van der Waals surface area contributed by atoms with Crippen molar-refractivity contribution in [2.75, 3.05) is 19.7 Å². The van der Waals surface area contributed by atoms with E-state index >= 15 is 0 Å². The van der Waals surface area contributed by atoms with Crippen molar-refractivity contribution in [1.29, 1.82) is 0 Å². The number of rotatable bonds is 5. The molecule has 0 bridgehead atoms. The summed E-state index contributed by atoms with van der Waals surface area (Å²) < 4.78 is 6.28. The molecule has 2 saturated heterocycles. The maximum Gasteiger partial charge on any atom is 0.272 e. The van der Waals surface area contributed by atoms with Crippen LogP contribution in [0.3, 0.4) is 0 Å². The first-order valence-electron chi connectivity index (χ1n) is 12.0. The second-order valence-electron chi connectivity index (χ2n) is 9.98. The van der Waals surface area contributed by atoms with Gasteiger partial charge in [0, 0.05) is 44.4 Å². The Labute approximate surface area is 210 Å². The predicted octanol–water partition coefficient (Wildman–Crippen LogP) is 3.83. The Morgan fingerprint density at radius 2 is 2.06 bits per heavy atom. The van der Waals surface area contributed by atoms with E-state index in [1.807, 2.05) is 12.1 Å². The van der Waals surface area contributed by atoms with Crippen molar-refractivity contribution in [3.63, 3.8) is 0 Å². The lowest BCUT2D eigenvalue weighted by atomic mass is 9.73. The van der Waals surface area contributed by atoms with Crippen LogP contribution in [0.15, 0.2) is 36.8 Å². The van der Waals surface area contributed by atoms with Gasteiger partial charge in [-0.05, 0) is 42.7 Å². The first kappa shape index (κ1) is 23.9. The SMILES string of the molecule is N[C@@H]1CCCC12CCN(C1(NC(=O)c3cnccn3)COC(Cc3cccc(Cl)c3Cl)C1)CC2. The van der Waals surface area contributed by atoms with Gasteiger partial charge in [0.15, 0.2) is 0 Å². The van der Waals surface area contributed by atoms with E-state index in [1.165, 1.54) is 25.2 Å². The van der Waals surface area contributed by atoms with Crippen LogP contribution < -0.4 is 11.1 Å². The molecule has 34 heavy (non-hydrogen) atoms. The second kappa shape index (κ2) is 9.70. The number of amides is 1. The first-order chi connectivity index (χ1) is 16.4. The molecule has 182 valence electrons. The van der Waals surface area contributed by atoms with E-state index in [-0.39, 0.29) is 23.5 Å². The van der Waals surface area contributed by atoms with Crippen LogP contribution in [-0.2, 0) is 11.2 Å². The van der Waals surface area contributed by atoms with Gasteiger partial charge in [-0.15, -0.1) is 0 Å². The quantitative estimate of drug-likeness (QED) is 0.643. The maximum atomic E-state index is 13.2. The third kappa shape index (κ3) is 4.56. The maximum absolute atomic E-state index is 13.2. The van der Waals surface area contributed by atoms with Crippen LogP contribution >= 0.6 is 23.2 Å². The summed E-state index contributed by atoms with van der Waals surface area (Å²) in [7, 11) is 0. The summed E-state index contributed by atoms with van der Waals surface area (Å²) in [5.74, 6) is -0.240. The van der Waals surface area contributed by atoms with Crippen molar-refractivity contribution in [2.24, 2.45) is 11.1 Å². The minimum absolute atomic E-state index is 0.0947. The first-order valence-corrected chi connectivity index (χ1v) is 12.8. The second-order valence-corrected chi connectivity index (χ2v) is 10.8. The highest BCUT2D eigenvalue weighted by Crippen LogP contribution is 2.47. The average molecular weight is 504 g/mol. The summed E-state index contributed by atoms with van der Waals surface area (Å²) in [6, 6.07) is 5.93. The number of carbonyl (C=O) groups is 1. The van der Waals surface area contributed by atoms with Gasteiger partial charge >= 0.3 is 0 Å². The topological polar surface area (TPSA) is 93.4 Å². The molecule has 7 nitrogen and oxygen atoms in total. The number of carbonyl (C=O) groups excluding carboxylic acids is 1.